The van der Waals surface area contributed by atoms with Crippen molar-refractivity contribution in [1.82, 2.24) is 5.32 Å². The van der Waals surface area contributed by atoms with Gasteiger partial charge in [0.2, 0.25) is 0 Å². The number of ketones is 1. The number of carbonyl (C=O) groups is 1. The van der Waals surface area contributed by atoms with E-state index in [-0.39, 0.29) is 11.8 Å². The first-order chi connectivity index (χ1) is 9.26. The fourth-order valence-electron chi connectivity index (χ4n) is 2.51. The Labute approximate surface area is 115 Å². The highest BCUT2D eigenvalue weighted by Crippen LogP contribution is 2.22. The van der Waals surface area contributed by atoms with E-state index in [2.05, 4.69) is 19.2 Å². The fourth-order valence-corrected chi connectivity index (χ4v) is 2.51. The highest BCUT2D eigenvalue weighted by molar-refractivity contribution is 6.01. The second-order valence-corrected chi connectivity index (χ2v) is 5.03. The second-order valence-electron chi connectivity index (χ2n) is 5.03. The Morgan fingerprint density at radius 1 is 1.42 bits per heavy atom. The molecule has 0 aromatic heterocycles. The van der Waals surface area contributed by atoms with E-state index in [0.29, 0.717) is 0 Å². The van der Waals surface area contributed by atoms with Crippen LogP contribution in [0.4, 0.5) is 0 Å². The number of hydrogen-bond acceptors (Lipinski definition) is 3. The lowest BCUT2D eigenvalue weighted by Gasteiger charge is -2.14. The minimum absolute atomic E-state index is 0.00714. The molecule has 1 aromatic carbocycles. The molecule has 0 amide bonds. The van der Waals surface area contributed by atoms with Gasteiger partial charge in [0.1, 0.15) is 5.75 Å². The number of Topliss-reactive ketones (excluding diaryl/α,β-unsaturated/α-hetero) is 1. The van der Waals surface area contributed by atoms with Gasteiger partial charge in [-0.3, -0.25) is 4.79 Å². The number of rotatable bonds is 6. The molecule has 1 heterocycles. The van der Waals surface area contributed by atoms with Crippen LogP contribution < -0.4 is 10.1 Å². The summed E-state index contributed by atoms with van der Waals surface area (Å²) in [6.45, 7) is 5.85. The molecule has 2 rings (SSSR count). The summed E-state index contributed by atoms with van der Waals surface area (Å²) in [7, 11) is 0. The maximum absolute atomic E-state index is 12.4. The van der Waals surface area contributed by atoms with E-state index in [1.54, 1.807) is 0 Å². The van der Waals surface area contributed by atoms with Crippen LogP contribution in [0, 0.1) is 0 Å². The van der Waals surface area contributed by atoms with E-state index in [4.69, 9.17) is 4.74 Å². The number of carbonyl (C=O) groups excluding carboxylic acids is 1. The second kappa shape index (κ2) is 6.71. The molecule has 1 atom stereocenters. The van der Waals surface area contributed by atoms with Gasteiger partial charge in [-0.1, -0.05) is 13.8 Å². The largest absolute Gasteiger partial charge is 0.494 e. The van der Waals surface area contributed by atoms with Gasteiger partial charge in [0.25, 0.3) is 0 Å². The van der Waals surface area contributed by atoms with Gasteiger partial charge >= 0.3 is 0 Å². The minimum Gasteiger partial charge on any atom is -0.494 e. The summed E-state index contributed by atoms with van der Waals surface area (Å²) in [5.74, 6) is 1.10. The smallest absolute Gasteiger partial charge is 0.180 e. The fraction of sp³-hybridized carbons (Fsp3) is 0.562. The lowest BCUT2D eigenvalue weighted by atomic mass is 9.96. The van der Waals surface area contributed by atoms with Crippen LogP contribution in [0.15, 0.2) is 18.2 Å². The minimum atomic E-state index is 0.00714. The van der Waals surface area contributed by atoms with Gasteiger partial charge in [0.05, 0.1) is 12.6 Å². The number of nitrogens with one attached hydrogen (secondary N) is 1. The van der Waals surface area contributed by atoms with Crippen molar-refractivity contribution in [2.24, 2.45) is 0 Å². The first kappa shape index (κ1) is 14.1. The topological polar surface area (TPSA) is 38.3 Å². The Bertz CT molecular complexity index is 436. The Morgan fingerprint density at radius 3 is 2.89 bits per heavy atom. The zero-order chi connectivity index (χ0) is 13.7. The van der Waals surface area contributed by atoms with Gasteiger partial charge in [-0.15, -0.1) is 0 Å². The number of hydrogen-bond donors (Lipinski definition) is 1. The van der Waals surface area contributed by atoms with Crippen molar-refractivity contribution in [1.29, 1.82) is 0 Å². The summed E-state index contributed by atoms with van der Waals surface area (Å²) >= 11 is 0. The van der Waals surface area contributed by atoms with Crippen LogP contribution in [0.5, 0.6) is 5.75 Å². The standard InChI is InChI=1S/C16H23NO2/c1-3-10-19-13-7-8-14(12(4-2)11-13)16(18)15-6-5-9-17-15/h7-8,11,15,17H,3-6,9-10H2,1-2H3. The average Bonchev–Trinajstić information content (AvgIpc) is 2.98. The molecule has 0 radical (unpaired) electrons. The molecule has 1 N–H and O–H groups in total. The molecule has 1 fully saturated rings. The summed E-state index contributed by atoms with van der Waals surface area (Å²) in [5, 5.41) is 3.27. The van der Waals surface area contributed by atoms with Gasteiger partial charge in [0.15, 0.2) is 5.78 Å². The van der Waals surface area contributed by atoms with Gasteiger partial charge in [0, 0.05) is 5.56 Å². The molecule has 3 heteroatoms. The van der Waals surface area contributed by atoms with E-state index >= 15 is 0 Å². The van der Waals surface area contributed by atoms with Gasteiger partial charge in [-0.05, 0) is 56.0 Å². The monoisotopic (exact) mass is 261 g/mol. The number of benzene rings is 1. The van der Waals surface area contributed by atoms with Crippen molar-refractivity contribution in [3.05, 3.63) is 29.3 Å². The quantitative estimate of drug-likeness (QED) is 0.800. The van der Waals surface area contributed by atoms with Gasteiger partial charge in [-0.25, -0.2) is 0 Å². The van der Waals surface area contributed by atoms with Crippen molar-refractivity contribution in [3.63, 3.8) is 0 Å². The molecule has 0 saturated carbocycles. The van der Waals surface area contributed by atoms with Crippen LogP contribution in [-0.4, -0.2) is 25.0 Å². The third-order valence-electron chi connectivity index (χ3n) is 3.57. The highest BCUT2D eigenvalue weighted by Gasteiger charge is 2.24. The molecule has 104 valence electrons. The summed E-state index contributed by atoms with van der Waals surface area (Å²) in [4.78, 5) is 12.4. The normalized spacial score (nSPS) is 18.5. The molecule has 3 nitrogen and oxygen atoms in total. The summed E-state index contributed by atoms with van der Waals surface area (Å²) in [6, 6.07) is 5.86. The molecular formula is C16H23NO2. The van der Waals surface area contributed by atoms with Crippen molar-refractivity contribution in [2.45, 2.75) is 45.6 Å². The van der Waals surface area contributed by atoms with Crippen molar-refractivity contribution >= 4 is 5.78 Å². The molecule has 0 bridgehead atoms. The molecular weight excluding hydrogens is 238 g/mol. The van der Waals surface area contributed by atoms with E-state index in [9.17, 15) is 4.79 Å². The molecule has 1 aromatic rings. The molecule has 0 aliphatic carbocycles. The van der Waals surface area contributed by atoms with Crippen LogP contribution >= 0.6 is 0 Å². The summed E-state index contributed by atoms with van der Waals surface area (Å²) in [5.41, 5.74) is 1.94. The number of ether oxygens (including phenoxy) is 1. The highest BCUT2D eigenvalue weighted by atomic mass is 16.5. The van der Waals surface area contributed by atoms with Gasteiger partial charge in [-0.2, -0.15) is 0 Å². The summed E-state index contributed by atoms with van der Waals surface area (Å²) < 4.78 is 5.63. The zero-order valence-corrected chi connectivity index (χ0v) is 11.9. The first-order valence-electron chi connectivity index (χ1n) is 7.29. The Balaban J connectivity index is 2.17. The van der Waals surface area contributed by atoms with E-state index in [1.807, 2.05) is 18.2 Å². The van der Waals surface area contributed by atoms with E-state index in [1.165, 1.54) is 0 Å². The number of aryl methyl sites for hydroxylation is 1. The predicted molar refractivity (Wildman–Crippen MR) is 77.0 cm³/mol. The molecule has 1 aliphatic heterocycles. The molecule has 19 heavy (non-hydrogen) atoms. The maximum atomic E-state index is 12.4. The van der Waals surface area contributed by atoms with Crippen molar-refractivity contribution in [2.75, 3.05) is 13.2 Å². The molecule has 1 unspecified atom stereocenters. The zero-order valence-electron chi connectivity index (χ0n) is 11.9. The lowest BCUT2D eigenvalue weighted by Crippen LogP contribution is -2.31. The van der Waals surface area contributed by atoms with Crippen LogP contribution in [-0.2, 0) is 6.42 Å². The predicted octanol–water partition coefficient (Wildman–Crippen LogP) is 2.97. The SMILES string of the molecule is CCCOc1ccc(C(=O)C2CCCN2)c(CC)c1. The van der Waals surface area contributed by atoms with Gasteiger partial charge < -0.3 is 10.1 Å². The third kappa shape index (κ3) is 3.35. The van der Waals surface area contributed by atoms with Crippen molar-refractivity contribution < 1.29 is 9.53 Å². The summed E-state index contributed by atoms with van der Waals surface area (Å²) in [6.07, 6.45) is 3.90. The Hall–Kier alpha value is -1.35. The molecule has 1 saturated heterocycles. The van der Waals surface area contributed by atoms with E-state index < -0.39 is 0 Å². The van der Waals surface area contributed by atoms with Crippen LogP contribution in [0.2, 0.25) is 0 Å². The van der Waals surface area contributed by atoms with Crippen LogP contribution in [0.3, 0.4) is 0 Å². The Morgan fingerprint density at radius 2 is 2.26 bits per heavy atom. The van der Waals surface area contributed by atoms with Crippen LogP contribution in [0.1, 0.15) is 49.0 Å². The van der Waals surface area contributed by atoms with Crippen molar-refractivity contribution in [3.8, 4) is 5.75 Å². The van der Waals surface area contributed by atoms with E-state index in [0.717, 1.165) is 55.7 Å². The third-order valence-corrected chi connectivity index (χ3v) is 3.57. The Kier molecular flexibility index (Phi) is 4.97. The lowest BCUT2D eigenvalue weighted by molar-refractivity contribution is 0.0951. The first-order valence-corrected chi connectivity index (χ1v) is 7.29. The molecule has 0 spiro atoms. The average molecular weight is 261 g/mol. The molecule has 1 aliphatic rings. The van der Waals surface area contributed by atoms with Crippen LogP contribution in [0.25, 0.3) is 0 Å². The maximum Gasteiger partial charge on any atom is 0.180 e.